The van der Waals surface area contributed by atoms with Crippen LogP contribution in [0.25, 0.3) is 0 Å². The first-order valence-electron chi connectivity index (χ1n) is 11.9. The standard InChI is InChI=1S/C23H47Cl2N3O2/c1-22(2,3)29-17-16-23(4,5)30-21(28-20(25)26)27-19(24)18-14-12-10-8-6-7-9-11-13-15-18/h18-21,27-28H,6-17,26H2,1-5H3. The van der Waals surface area contributed by atoms with E-state index in [-0.39, 0.29) is 11.1 Å². The summed E-state index contributed by atoms with van der Waals surface area (Å²) in [4.78, 5) is 0. The second kappa shape index (κ2) is 14.5. The molecule has 0 aromatic rings. The zero-order valence-electron chi connectivity index (χ0n) is 19.9. The normalized spacial score (nSPS) is 21.6. The lowest BCUT2D eigenvalue weighted by molar-refractivity contribution is -0.123. The maximum Gasteiger partial charge on any atom is 0.167 e. The van der Waals surface area contributed by atoms with Gasteiger partial charge in [0.2, 0.25) is 0 Å². The molecule has 7 heteroatoms. The van der Waals surface area contributed by atoms with Crippen LogP contribution in [0.4, 0.5) is 0 Å². The second-order valence-electron chi connectivity index (χ2n) is 10.3. The molecule has 3 unspecified atom stereocenters. The summed E-state index contributed by atoms with van der Waals surface area (Å²) in [6.45, 7) is 10.9. The van der Waals surface area contributed by atoms with E-state index in [1.165, 1.54) is 51.4 Å². The van der Waals surface area contributed by atoms with Crippen LogP contribution in [0, 0.1) is 5.92 Å². The molecule has 30 heavy (non-hydrogen) atoms. The quantitative estimate of drug-likeness (QED) is 0.208. The molecule has 4 N–H and O–H groups in total. The highest BCUT2D eigenvalue weighted by molar-refractivity contribution is 6.20. The maximum atomic E-state index is 6.85. The van der Waals surface area contributed by atoms with E-state index in [2.05, 4.69) is 31.4 Å². The van der Waals surface area contributed by atoms with Crippen molar-refractivity contribution in [2.24, 2.45) is 11.7 Å². The van der Waals surface area contributed by atoms with Gasteiger partial charge in [-0.15, -0.1) is 11.6 Å². The Bertz CT molecular complexity index is 433. The van der Waals surface area contributed by atoms with Crippen LogP contribution in [0.5, 0.6) is 0 Å². The summed E-state index contributed by atoms with van der Waals surface area (Å²) in [5, 5.41) is 6.47. The SMILES string of the molecule is CC(C)(C)OCCC(C)(C)OC(NC(N)Cl)NC(Cl)C1CCCCCCCCCC1. The van der Waals surface area contributed by atoms with Crippen LogP contribution in [0.15, 0.2) is 0 Å². The Morgan fingerprint density at radius 1 is 0.867 bits per heavy atom. The van der Waals surface area contributed by atoms with Gasteiger partial charge in [-0.3, -0.25) is 10.6 Å². The Kier molecular flexibility index (Phi) is 13.7. The van der Waals surface area contributed by atoms with Gasteiger partial charge in [0.1, 0.15) is 5.62 Å². The summed E-state index contributed by atoms with van der Waals surface area (Å²) in [6.07, 6.45) is 13.0. The minimum atomic E-state index is -0.722. The van der Waals surface area contributed by atoms with Crippen molar-refractivity contribution in [3.05, 3.63) is 0 Å². The lowest BCUT2D eigenvalue weighted by Crippen LogP contribution is -2.56. The first-order valence-corrected chi connectivity index (χ1v) is 12.7. The molecule has 0 aromatic heterocycles. The zero-order valence-corrected chi connectivity index (χ0v) is 21.5. The lowest BCUT2D eigenvalue weighted by atomic mass is 9.95. The van der Waals surface area contributed by atoms with E-state index in [0.717, 1.165) is 19.3 Å². The fraction of sp³-hybridized carbons (Fsp3) is 1.00. The average Bonchev–Trinajstić information content (AvgIpc) is 2.64. The van der Waals surface area contributed by atoms with E-state index < -0.39 is 17.6 Å². The number of hydrogen-bond donors (Lipinski definition) is 3. The number of alkyl halides is 2. The molecule has 1 saturated carbocycles. The van der Waals surface area contributed by atoms with Gasteiger partial charge < -0.3 is 15.2 Å². The molecule has 1 rings (SSSR count). The van der Waals surface area contributed by atoms with Crippen molar-refractivity contribution >= 4 is 23.2 Å². The largest absolute Gasteiger partial charge is 0.376 e. The van der Waals surface area contributed by atoms with E-state index in [4.69, 9.17) is 38.4 Å². The Morgan fingerprint density at radius 3 is 1.83 bits per heavy atom. The molecule has 180 valence electrons. The van der Waals surface area contributed by atoms with Gasteiger partial charge in [-0.1, -0.05) is 63.0 Å². The van der Waals surface area contributed by atoms with Gasteiger partial charge in [-0.05, 0) is 59.8 Å². The molecular weight excluding hydrogens is 421 g/mol. The number of hydrogen-bond acceptors (Lipinski definition) is 5. The minimum absolute atomic E-state index is 0.166. The number of ether oxygens (including phenoxy) is 2. The van der Waals surface area contributed by atoms with Crippen molar-refractivity contribution in [3.8, 4) is 0 Å². The summed E-state index contributed by atoms with van der Waals surface area (Å²) < 4.78 is 12.2. The molecule has 3 atom stereocenters. The third-order valence-corrected chi connectivity index (χ3v) is 6.22. The van der Waals surface area contributed by atoms with Gasteiger partial charge in [0.25, 0.3) is 0 Å². The fourth-order valence-corrected chi connectivity index (χ4v) is 4.31. The number of halogens is 2. The van der Waals surface area contributed by atoms with Crippen LogP contribution in [0.1, 0.15) is 105 Å². The Balaban J connectivity index is 2.64. The lowest BCUT2D eigenvalue weighted by Gasteiger charge is -2.35. The molecule has 0 spiro atoms. The second-order valence-corrected chi connectivity index (χ2v) is 11.2. The monoisotopic (exact) mass is 467 g/mol. The third kappa shape index (κ3) is 14.4. The molecule has 1 aliphatic rings. The maximum absolute atomic E-state index is 6.85. The predicted octanol–water partition coefficient (Wildman–Crippen LogP) is 6.03. The smallest absolute Gasteiger partial charge is 0.167 e. The van der Waals surface area contributed by atoms with Crippen molar-refractivity contribution in [2.75, 3.05) is 6.61 Å². The van der Waals surface area contributed by atoms with Crippen molar-refractivity contribution in [1.82, 2.24) is 10.6 Å². The van der Waals surface area contributed by atoms with Crippen molar-refractivity contribution < 1.29 is 9.47 Å². The Morgan fingerprint density at radius 2 is 1.37 bits per heavy atom. The van der Waals surface area contributed by atoms with E-state index in [1.807, 2.05) is 13.8 Å². The first kappa shape index (κ1) is 28.4. The Labute approximate surface area is 195 Å². The van der Waals surface area contributed by atoms with E-state index >= 15 is 0 Å². The molecule has 0 radical (unpaired) electrons. The van der Waals surface area contributed by atoms with Gasteiger partial charge in [0.15, 0.2) is 6.35 Å². The third-order valence-electron chi connectivity index (χ3n) is 5.61. The number of nitrogens with two attached hydrogens (primary N) is 1. The van der Waals surface area contributed by atoms with E-state index in [9.17, 15) is 0 Å². The summed E-state index contributed by atoms with van der Waals surface area (Å²) in [6, 6.07) is 0. The van der Waals surface area contributed by atoms with Gasteiger partial charge in [-0.25, -0.2) is 0 Å². The molecule has 0 aromatic carbocycles. The van der Waals surface area contributed by atoms with Gasteiger partial charge >= 0.3 is 0 Å². The van der Waals surface area contributed by atoms with E-state index in [0.29, 0.717) is 12.5 Å². The van der Waals surface area contributed by atoms with Gasteiger partial charge in [0, 0.05) is 6.61 Å². The summed E-state index contributed by atoms with van der Waals surface area (Å²) in [7, 11) is 0. The van der Waals surface area contributed by atoms with Crippen LogP contribution in [0.3, 0.4) is 0 Å². The molecule has 0 amide bonds. The molecule has 1 fully saturated rings. The molecule has 1 aliphatic carbocycles. The highest BCUT2D eigenvalue weighted by Gasteiger charge is 2.29. The van der Waals surface area contributed by atoms with Crippen LogP contribution < -0.4 is 16.4 Å². The molecule has 0 saturated heterocycles. The average molecular weight is 469 g/mol. The van der Waals surface area contributed by atoms with Gasteiger partial charge in [-0.2, -0.15) is 0 Å². The van der Waals surface area contributed by atoms with Crippen LogP contribution in [0.2, 0.25) is 0 Å². The fourth-order valence-electron chi connectivity index (χ4n) is 3.83. The van der Waals surface area contributed by atoms with E-state index in [1.54, 1.807) is 0 Å². The first-order chi connectivity index (χ1) is 14.0. The van der Waals surface area contributed by atoms with Crippen LogP contribution in [-0.2, 0) is 9.47 Å². The summed E-state index contributed by atoms with van der Waals surface area (Å²) >= 11 is 12.9. The minimum Gasteiger partial charge on any atom is -0.376 e. The molecule has 0 bridgehead atoms. The summed E-state index contributed by atoms with van der Waals surface area (Å²) in [5.41, 5.74) is 4.28. The van der Waals surface area contributed by atoms with Crippen LogP contribution >= 0.6 is 23.2 Å². The number of rotatable bonds is 10. The highest BCUT2D eigenvalue weighted by atomic mass is 35.5. The van der Waals surface area contributed by atoms with Crippen molar-refractivity contribution in [2.45, 2.75) is 134 Å². The van der Waals surface area contributed by atoms with Gasteiger partial charge in [0.05, 0.1) is 16.7 Å². The molecule has 0 aliphatic heterocycles. The van der Waals surface area contributed by atoms with Crippen LogP contribution in [-0.4, -0.2) is 35.3 Å². The van der Waals surface area contributed by atoms with Crippen molar-refractivity contribution in [1.29, 1.82) is 0 Å². The van der Waals surface area contributed by atoms with Crippen molar-refractivity contribution in [3.63, 3.8) is 0 Å². The zero-order chi connectivity index (χ0) is 22.6. The molecule has 5 nitrogen and oxygen atoms in total. The molecular formula is C23H47Cl2N3O2. The highest BCUT2D eigenvalue weighted by Crippen LogP contribution is 2.26. The Hall–Kier alpha value is 0.380. The summed E-state index contributed by atoms with van der Waals surface area (Å²) in [5.74, 6) is 0.413. The number of nitrogens with one attached hydrogen (secondary N) is 2. The predicted molar refractivity (Wildman–Crippen MR) is 129 cm³/mol. The molecule has 0 heterocycles. The topological polar surface area (TPSA) is 68.5 Å².